The maximum Gasteiger partial charge on any atom is 0.233 e. The minimum Gasteiger partial charge on any atom is -0.324 e. The number of carbonyl (C=O) groups is 3. The molecule has 2 N–H and O–H groups in total. The zero-order valence-electron chi connectivity index (χ0n) is 11.2. The van der Waals surface area contributed by atoms with E-state index in [2.05, 4.69) is 10.6 Å². The molecule has 0 saturated heterocycles. The van der Waals surface area contributed by atoms with Crippen molar-refractivity contribution in [2.45, 2.75) is 26.2 Å². The van der Waals surface area contributed by atoms with Crippen molar-refractivity contribution in [2.24, 2.45) is 11.8 Å². The third-order valence-corrected chi connectivity index (χ3v) is 3.92. The van der Waals surface area contributed by atoms with Crippen LogP contribution in [0.25, 0.3) is 0 Å². The van der Waals surface area contributed by atoms with Crippen LogP contribution < -0.4 is 10.6 Å². The van der Waals surface area contributed by atoms with E-state index < -0.39 is 0 Å². The second-order valence-electron chi connectivity index (χ2n) is 5.52. The number of fused-ring (bicyclic) bond motifs is 1. The molecular formula is C15H16N2O3. The van der Waals surface area contributed by atoms with Gasteiger partial charge in [0.25, 0.3) is 0 Å². The van der Waals surface area contributed by atoms with Gasteiger partial charge in [0.05, 0.1) is 11.4 Å². The molecule has 1 fully saturated rings. The molecule has 1 aromatic carbocycles. The van der Waals surface area contributed by atoms with Crippen LogP contribution in [0.2, 0.25) is 0 Å². The third-order valence-electron chi connectivity index (χ3n) is 3.92. The van der Waals surface area contributed by atoms with Crippen LogP contribution in [0.15, 0.2) is 18.2 Å². The Morgan fingerprint density at radius 1 is 1.15 bits per heavy atom. The predicted molar refractivity (Wildman–Crippen MR) is 74.5 cm³/mol. The Balaban J connectivity index is 1.90. The molecule has 2 amide bonds. The molecule has 0 radical (unpaired) electrons. The zero-order chi connectivity index (χ0) is 14.3. The molecule has 5 nitrogen and oxygen atoms in total. The van der Waals surface area contributed by atoms with E-state index in [0.29, 0.717) is 22.9 Å². The molecule has 1 unspecified atom stereocenters. The normalized spacial score (nSPS) is 19.4. The summed E-state index contributed by atoms with van der Waals surface area (Å²) < 4.78 is 0. The number of benzene rings is 1. The van der Waals surface area contributed by atoms with Crippen LogP contribution in [-0.4, -0.2) is 17.6 Å². The summed E-state index contributed by atoms with van der Waals surface area (Å²) in [5, 5.41) is 5.31. The second kappa shape index (κ2) is 4.74. The van der Waals surface area contributed by atoms with Crippen molar-refractivity contribution in [3.05, 3.63) is 23.8 Å². The third kappa shape index (κ3) is 2.43. The fourth-order valence-corrected chi connectivity index (χ4v) is 2.52. The number of ketones is 1. The average molecular weight is 272 g/mol. The molecule has 2 aliphatic rings. The van der Waals surface area contributed by atoms with E-state index in [0.717, 1.165) is 12.8 Å². The van der Waals surface area contributed by atoms with Crippen LogP contribution in [0, 0.1) is 11.8 Å². The summed E-state index contributed by atoms with van der Waals surface area (Å²) in [6, 6.07) is 5.03. The van der Waals surface area contributed by atoms with E-state index in [1.54, 1.807) is 18.2 Å². The Hall–Kier alpha value is -2.17. The molecule has 0 spiro atoms. The van der Waals surface area contributed by atoms with Gasteiger partial charge in [0.15, 0.2) is 5.78 Å². The molecule has 1 atom stereocenters. The molecule has 1 saturated carbocycles. The largest absolute Gasteiger partial charge is 0.324 e. The molecule has 1 aromatic rings. The van der Waals surface area contributed by atoms with Gasteiger partial charge in [-0.1, -0.05) is 6.92 Å². The number of Topliss-reactive ketones (excluding diaryl/α,β-unsaturated/α-hetero) is 1. The zero-order valence-corrected chi connectivity index (χ0v) is 11.2. The van der Waals surface area contributed by atoms with E-state index >= 15 is 0 Å². The summed E-state index contributed by atoms with van der Waals surface area (Å²) >= 11 is 0. The Kier molecular flexibility index (Phi) is 3.04. The lowest BCUT2D eigenvalue weighted by Gasteiger charge is -2.12. The standard InChI is InChI=1S/C15H16N2O3/c1-8(9-2-3-9)15(20)10-4-5-11-12(6-10)17-14(19)7-13(18)16-11/h4-6,8-9H,2-3,7H2,1H3,(H,16,18)(H,17,19). The highest BCUT2D eigenvalue weighted by Crippen LogP contribution is 2.38. The first-order valence-electron chi connectivity index (χ1n) is 6.82. The highest BCUT2D eigenvalue weighted by atomic mass is 16.2. The lowest BCUT2D eigenvalue weighted by molar-refractivity contribution is -0.123. The predicted octanol–water partition coefficient (Wildman–Crippen LogP) is 2.20. The van der Waals surface area contributed by atoms with Gasteiger partial charge in [-0.25, -0.2) is 0 Å². The smallest absolute Gasteiger partial charge is 0.233 e. The summed E-state index contributed by atoms with van der Waals surface area (Å²) in [4.78, 5) is 35.3. The minimum atomic E-state index is -0.360. The molecule has 1 heterocycles. The lowest BCUT2D eigenvalue weighted by atomic mass is 9.94. The highest BCUT2D eigenvalue weighted by Gasteiger charge is 2.33. The van der Waals surface area contributed by atoms with Crippen LogP contribution >= 0.6 is 0 Å². The Morgan fingerprint density at radius 3 is 2.45 bits per heavy atom. The van der Waals surface area contributed by atoms with Gasteiger partial charge >= 0.3 is 0 Å². The SMILES string of the molecule is CC(C(=O)c1ccc2c(c1)NC(=O)CC(=O)N2)C1CC1. The summed E-state index contributed by atoms with van der Waals surface area (Å²) in [6.07, 6.45) is 2.03. The van der Waals surface area contributed by atoms with Gasteiger partial charge in [0.1, 0.15) is 6.42 Å². The van der Waals surface area contributed by atoms with Crippen LogP contribution in [0.3, 0.4) is 0 Å². The monoisotopic (exact) mass is 272 g/mol. The molecular weight excluding hydrogens is 256 g/mol. The highest BCUT2D eigenvalue weighted by molar-refractivity contribution is 6.14. The average Bonchev–Trinajstić information content (AvgIpc) is 3.22. The summed E-state index contributed by atoms with van der Waals surface area (Å²) in [6.45, 7) is 1.95. The first-order valence-corrected chi connectivity index (χ1v) is 6.82. The number of hydrogen-bond acceptors (Lipinski definition) is 3. The van der Waals surface area contributed by atoms with Crippen LogP contribution in [0.4, 0.5) is 11.4 Å². The van der Waals surface area contributed by atoms with Crippen molar-refractivity contribution in [2.75, 3.05) is 10.6 Å². The van der Waals surface area contributed by atoms with Crippen molar-refractivity contribution in [3.8, 4) is 0 Å². The Morgan fingerprint density at radius 2 is 1.80 bits per heavy atom. The lowest BCUT2D eigenvalue weighted by Crippen LogP contribution is -2.16. The van der Waals surface area contributed by atoms with Crippen molar-refractivity contribution < 1.29 is 14.4 Å². The number of hydrogen-bond donors (Lipinski definition) is 2. The Bertz CT molecular complexity index is 605. The van der Waals surface area contributed by atoms with Gasteiger partial charge < -0.3 is 10.6 Å². The van der Waals surface area contributed by atoms with E-state index in [4.69, 9.17) is 0 Å². The fourth-order valence-electron chi connectivity index (χ4n) is 2.52. The molecule has 1 aliphatic heterocycles. The minimum absolute atomic E-state index is 0.0177. The molecule has 1 aliphatic carbocycles. The van der Waals surface area contributed by atoms with Crippen molar-refractivity contribution >= 4 is 29.0 Å². The van der Waals surface area contributed by atoms with Gasteiger partial charge in [-0.05, 0) is 37.0 Å². The van der Waals surface area contributed by atoms with Crippen molar-refractivity contribution in [1.29, 1.82) is 0 Å². The second-order valence-corrected chi connectivity index (χ2v) is 5.52. The number of rotatable bonds is 3. The molecule has 20 heavy (non-hydrogen) atoms. The summed E-state index contributed by atoms with van der Waals surface area (Å²) in [5.41, 5.74) is 1.62. The van der Waals surface area contributed by atoms with Crippen molar-refractivity contribution in [1.82, 2.24) is 0 Å². The molecule has 3 rings (SSSR count). The maximum atomic E-state index is 12.3. The van der Waals surface area contributed by atoms with Crippen LogP contribution in [-0.2, 0) is 9.59 Å². The van der Waals surface area contributed by atoms with Gasteiger partial charge in [-0.15, -0.1) is 0 Å². The van der Waals surface area contributed by atoms with Crippen LogP contribution in [0.1, 0.15) is 36.5 Å². The summed E-state index contributed by atoms with van der Waals surface area (Å²) in [7, 11) is 0. The molecule has 104 valence electrons. The molecule has 0 bridgehead atoms. The maximum absolute atomic E-state index is 12.3. The Labute approximate surface area is 116 Å². The summed E-state index contributed by atoms with van der Waals surface area (Å²) in [5.74, 6) is -0.0902. The number of carbonyl (C=O) groups excluding carboxylic acids is 3. The first kappa shape index (κ1) is 12.8. The van der Waals surface area contributed by atoms with Gasteiger partial charge in [0.2, 0.25) is 11.8 Å². The number of anilines is 2. The van der Waals surface area contributed by atoms with Gasteiger partial charge in [-0.3, -0.25) is 14.4 Å². The van der Waals surface area contributed by atoms with E-state index in [9.17, 15) is 14.4 Å². The molecule has 0 aromatic heterocycles. The van der Waals surface area contributed by atoms with Crippen LogP contribution in [0.5, 0.6) is 0 Å². The molecule has 5 heteroatoms. The van der Waals surface area contributed by atoms with E-state index in [-0.39, 0.29) is 29.9 Å². The topological polar surface area (TPSA) is 75.3 Å². The van der Waals surface area contributed by atoms with Crippen molar-refractivity contribution in [3.63, 3.8) is 0 Å². The number of amides is 2. The fraction of sp³-hybridized carbons (Fsp3) is 0.400. The van der Waals surface area contributed by atoms with E-state index in [1.165, 1.54) is 0 Å². The first-order chi connectivity index (χ1) is 9.54. The quantitative estimate of drug-likeness (QED) is 0.654. The van der Waals surface area contributed by atoms with Gasteiger partial charge in [0, 0.05) is 11.5 Å². The van der Waals surface area contributed by atoms with Gasteiger partial charge in [-0.2, -0.15) is 0 Å². The van der Waals surface area contributed by atoms with E-state index in [1.807, 2.05) is 6.92 Å². The number of nitrogens with one attached hydrogen (secondary N) is 2.